The van der Waals surface area contributed by atoms with Crippen LogP contribution in [0.4, 0.5) is 27.1 Å². The molecule has 0 spiro atoms. The number of carbonyl (C=O) groups excluding carboxylic acids is 4. The zero-order chi connectivity index (χ0) is 101. The molecule has 4 fully saturated rings. The number of nitrogens with zero attached hydrogens (tertiary/aromatic N) is 8. The molecule has 12 aromatic rings. The number of hydrogen-bond acceptors (Lipinski definition) is 15. The van der Waals surface area contributed by atoms with Crippen molar-refractivity contribution in [2.45, 2.75) is 228 Å². The number of ether oxygens (including phenoxy) is 3. The van der Waals surface area contributed by atoms with Crippen molar-refractivity contribution in [1.29, 1.82) is 0 Å². The van der Waals surface area contributed by atoms with Crippen LogP contribution in [0.3, 0.4) is 0 Å². The molecule has 16 atom stereocenters. The standard InChI is InChI=1S/C31H39N3O2.C30H36FN3O.2C30H37N3O2/c1-6-21(4)29(32)19-34(31(35)28-18-27(28)30-9-7-8-22(5)33-30)25-14-10-23(11-15-25)24-12-16-26(17-13-24)36-20(2)3;1-4-7-21-9-11-22(12-10-21)23-13-15-24(16-14-23)34(19-28(32)20(3)5-2)30(35)26-18-25(26)29-27(31)8-6-17-33-29;1-5-21(3)28(31)18-33(30(34)27-16-26(27)29-15-6-20(2)17-32-29)25-13-11-24(12-14-25)23-9-7-22(8-10-23)19-35-4;1-5-20(2)28(31)18-33(30(34)27-17-26(27)29-8-6-7-21(3)32-29)25-15-13-24(14-16-25)23-11-9-22(10-12-23)19-35-4/h7-17,20-21,27-29H,6,18-19,32H2,1-5H3;6,8-17,20,25-26,28H,4-5,7,18-19,32H2,1-3H3;6-15,17,21,26-28H,5,16,18-19,31H2,1-4H3;6-16,20,26-28H,5,17-19,31H2,1-4H3/t21-,27-,28-,29+;20-,25+,26?,28+;21-,26+,27+,28+;20-,26-,27-,28+/m0000/s1. The van der Waals surface area contributed by atoms with E-state index in [0.29, 0.717) is 69.3 Å². The summed E-state index contributed by atoms with van der Waals surface area (Å²) in [5.41, 5.74) is 48.7. The van der Waals surface area contributed by atoms with Crippen molar-refractivity contribution in [2.24, 2.45) is 70.3 Å². The quantitative estimate of drug-likeness (QED) is 0.0278. The second-order valence-corrected chi connectivity index (χ2v) is 39.9. The molecule has 4 aromatic heterocycles. The minimum absolute atomic E-state index is 0.00419. The van der Waals surface area contributed by atoms with Crippen LogP contribution in [0.2, 0.25) is 0 Å². The Hall–Kier alpha value is -12.3. The molecular weight excluding hydrogens is 1750 g/mol. The van der Waals surface area contributed by atoms with Gasteiger partial charge in [0.1, 0.15) is 11.6 Å². The Morgan fingerprint density at radius 2 is 0.667 bits per heavy atom. The molecule has 0 aliphatic heterocycles. The zero-order valence-electron chi connectivity index (χ0n) is 85.7. The molecule has 8 aromatic carbocycles. The van der Waals surface area contributed by atoms with Crippen molar-refractivity contribution >= 4 is 46.4 Å². The highest BCUT2D eigenvalue weighted by Crippen LogP contribution is 2.53. The molecule has 4 amide bonds. The van der Waals surface area contributed by atoms with Gasteiger partial charge in [-0.15, -0.1) is 0 Å². The van der Waals surface area contributed by atoms with Gasteiger partial charge in [-0.1, -0.05) is 246 Å². The Kier molecular flexibility index (Phi) is 37.9. The molecule has 0 radical (unpaired) electrons. The van der Waals surface area contributed by atoms with Crippen LogP contribution in [0.1, 0.15) is 214 Å². The second-order valence-electron chi connectivity index (χ2n) is 39.9. The molecule has 4 heterocycles. The number of carbonyl (C=O) groups is 4. The van der Waals surface area contributed by atoms with E-state index >= 15 is 0 Å². The SMILES string of the molecule is CCCc1ccc(-c2ccc(N(C[C@@H](N)[C@@H](C)CC)C(=O)C3C[C@H]3c3ncccc3F)cc2)cc1.CC[C@H](C)[C@H](N)CN(C(=O)[C@@H]1C[C@H]1c1ccc(C)cn1)c1ccc(-c2ccc(COC)cc2)cc1.CC[C@H](C)[C@H](N)CN(C(=O)[C@H]1C[C@@H]1c1cccc(C)n1)c1ccc(-c2ccc(COC)cc2)cc1.CC[C@H](C)[C@H](N)CN(C(=O)[C@H]1C[C@@H]1c1cccc(C)n1)c1ccc(-c2ccc(OC(C)C)cc2)cc1. The Morgan fingerprint density at radius 3 is 0.957 bits per heavy atom. The summed E-state index contributed by atoms with van der Waals surface area (Å²) >= 11 is 0. The molecule has 4 aliphatic carbocycles. The molecule has 19 nitrogen and oxygen atoms in total. The van der Waals surface area contributed by atoms with Crippen molar-refractivity contribution in [3.05, 3.63) is 329 Å². The normalized spacial score (nSPS) is 18.6. The van der Waals surface area contributed by atoms with Crippen LogP contribution in [-0.4, -0.2) is 114 Å². The van der Waals surface area contributed by atoms with Gasteiger partial charge in [0.2, 0.25) is 23.6 Å². The first-order chi connectivity index (χ1) is 68.0. The number of anilines is 4. The topological polar surface area (TPSA) is 265 Å². The Labute approximate surface area is 837 Å². The van der Waals surface area contributed by atoms with Crippen molar-refractivity contribution in [1.82, 2.24) is 19.9 Å². The van der Waals surface area contributed by atoms with Gasteiger partial charge in [-0.2, -0.15) is 0 Å². The molecule has 20 heteroatoms. The number of rotatable bonds is 40. The number of aryl methyl sites for hydroxylation is 4. The van der Waals surface area contributed by atoms with Gasteiger partial charge in [0.05, 0.1) is 25.0 Å². The minimum Gasteiger partial charge on any atom is -0.491 e. The lowest BCUT2D eigenvalue weighted by molar-refractivity contribution is -0.120. The highest BCUT2D eigenvalue weighted by atomic mass is 19.1. The Balaban J connectivity index is 0.000000158. The minimum atomic E-state index is -0.343. The smallest absolute Gasteiger partial charge is 0.230 e. The van der Waals surface area contributed by atoms with Gasteiger partial charge in [-0.05, 0) is 260 Å². The third-order valence-corrected chi connectivity index (χ3v) is 28.9. The number of pyridine rings is 4. The first-order valence-electron chi connectivity index (χ1n) is 51.1. The summed E-state index contributed by atoms with van der Waals surface area (Å²) in [5.74, 6) is 2.24. The molecule has 8 N–H and O–H groups in total. The fraction of sp³-hybridized carbons (Fsp3) is 0.405. The molecule has 742 valence electrons. The molecule has 141 heavy (non-hydrogen) atoms. The average Bonchev–Trinajstić information content (AvgIpc) is 1.66. The van der Waals surface area contributed by atoms with Crippen LogP contribution in [0, 0.1) is 73.9 Å². The number of halogens is 1. The van der Waals surface area contributed by atoms with Gasteiger partial charge in [-0.3, -0.25) is 39.1 Å². The van der Waals surface area contributed by atoms with Crippen molar-refractivity contribution < 1.29 is 37.8 Å². The van der Waals surface area contributed by atoms with Gasteiger partial charge >= 0.3 is 0 Å². The number of benzene rings is 8. The Bertz CT molecular complexity index is 5990. The fourth-order valence-electron chi connectivity index (χ4n) is 18.3. The van der Waals surface area contributed by atoms with E-state index < -0.39 is 0 Å². The number of aromatic nitrogens is 4. The van der Waals surface area contributed by atoms with E-state index in [2.05, 4.69) is 228 Å². The van der Waals surface area contributed by atoms with Crippen LogP contribution >= 0.6 is 0 Å². The van der Waals surface area contributed by atoms with Crippen LogP contribution in [0.15, 0.2) is 267 Å². The molecule has 4 aliphatic rings. The van der Waals surface area contributed by atoms with Gasteiger partial charge < -0.3 is 56.7 Å². The highest BCUT2D eigenvalue weighted by Gasteiger charge is 2.51. The van der Waals surface area contributed by atoms with Gasteiger partial charge in [0, 0.05) is 176 Å². The monoisotopic (exact) mass is 1900 g/mol. The fourth-order valence-corrected chi connectivity index (χ4v) is 18.3. The summed E-state index contributed by atoms with van der Waals surface area (Å²) in [6.07, 6.45) is 12.9. The third kappa shape index (κ3) is 28.6. The summed E-state index contributed by atoms with van der Waals surface area (Å²) in [6, 6.07) is 85.2. The van der Waals surface area contributed by atoms with Crippen LogP contribution in [0.5, 0.6) is 5.75 Å². The van der Waals surface area contributed by atoms with Crippen molar-refractivity contribution in [3.63, 3.8) is 0 Å². The zero-order valence-corrected chi connectivity index (χ0v) is 85.7. The van der Waals surface area contributed by atoms with Crippen molar-refractivity contribution in [3.8, 4) is 50.3 Å². The maximum absolute atomic E-state index is 14.3. The summed E-state index contributed by atoms with van der Waals surface area (Å²) in [6.45, 7) is 32.5. The maximum atomic E-state index is 14.3. The van der Waals surface area contributed by atoms with E-state index in [1.165, 1.54) is 11.6 Å². The predicted molar refractivity (Wildman–Crippen MR) is 572 cm³/mol. The van der Waals surface area contributed by atoms with Crippen LogP contribution in [-0.2, 0) is 48.3 Å². The molecule has 0 saturated heterocycles. The molecule has 1 unspecified atom stereocenters. The lowest BCUT2D eigenvalue weighted by Crippen LogP contribution is -2.45. The van der Waals surface area contributed by atoms with E-state index in [4.69, 9.17) is 37.1 Å². The lowest BCUT2D eigenvalue weighted by Gasteiger charge is -2.29. The number of methoxy groups -OCH3 is 2. The van der Waals surface area contributed by atoms with E-state index in [1.807, 2.05) is 153 Å². The summed E-state index contributed by atoms with van der Waals surface area (Å²) in [4.78, 5) is 80.4. The molecule has 4 saturated carbocycles. The maximum Gasteiger partial charge on any atom is 0.230 e. The van der Waals surface area contributed by atoms with Crippen molar-refractivity contribution in [2.75, 3.05) is 60.0 Å². The van der Waals surface area contributed by atoms with E-state index in [0.717, 1.165) is 176 Å². The average molecular weight is 1900 g/mol. The van der Waals surface area contributed by atoms with Crippen LogP contribution in [0.25, 0.3) is 44.5 Å². The second kappa shape index (κ2) is 50.4. The van der Waals surface area contributed by atoms with Crippen LogP contribution < -0.4 is 47.3 Å². The first-order valence-corrected chi connectivity index (χ1v) is 51.1. The molecule has 0 bridgehead atoms. The Morgan fingerprint density at radius 1 is 0.362 bits per heavy atom. The number of nitrogens with two attached hydrogens (primary N) is 4. The van der Waals surface area contributed by atoms with E-state index in [-0.39, 0.29) is 113 Å². The number of amides is 4. The van der Waals surface area contributed by atoms with E-state index in [9.17, 15) is 23.6 Å². The number of hydrogen-bond donors (Lipinski definition) is 4. The summed E-state index contributed by atoms with van der Waals surface area (Å²) in [5, 5.41) is 0. The first kappa shape index (κ1) is 106. The van der Waals surface area contributed by atoms with Gasteiger partial charge in [0.25, 0.3) is 0 Å². The van der Waals surface area contributed by atoms with Gasteiger partial charge in [-0.25, -0.2) is 4.39 Å². The molecule has 16 rings (SSSR count). The molecular formula is C121H149FN12O7. The summed E-state index contributed by atoms with van der Waals surface area (Å²) < 4.78 is 30.4. The highest BCUT2D eigenvalue weighted by molar-refractivity contribution is 6.00. The summed E-state index contributed by atoms with van der Waals surface area (Å²) in [7, 11) is 3.40. The third-order valence-electron chi connectivity index (χ3n) is 28.9. The van der Waals surface area contributed by atoms with Gasteiger partial charge in [0.15, 0.2) is 0 Å². The largest absolute Gasteiger partial charge is 0.491 e. The lowest BCUT2D eigenvalue weighted by atomic mass is 9.98. The van der Waals surface area contributed by atoms with E-state index in [1.54, 1.807) is 31.4 Å². The predicted octanol–water partition coefficient (Wildman–Crippen LogP) is 24.1.